The maximum absolute atomic E-state index is 12.4. The van der Waals surface area contributed by atoms with E-state index in [1.165, 1.54) is 4.90 Å². The van der Waals surface area contributed by atoms with E-state index in [1.807, 2.05) is 55.5 Å². The maximum Gasteiger partial charge on any atom is 0.410 e. The van der Waals surface area contributed by atoms with Gasteiger partial charge in [-0.05, 0) is 35.7 Å². The fourth-order valence-electron chi connectivity index (χ4n) is 3.33. The molecule has 1 aliphatic heterocycles. The van der Waals surface area contributed by atoms with Crippen LogP contribution in [-0.4, -0.2) is 35.2 Å². The summed E-state index contributed by atoms with van der Waals surface area (Å²) in [7, 11) is 0. The number of nitrogens with zero attached hydrogens (tertiary/aromatic N) is 1. The van der Waals surface area contributed by atoms with Crippen molar-refractivity contribution in [2.75, 3.05) is 13.1 Å². The number of hydrogen-bond donors (Lipinski definition) is 1. The third-order valence-electron chi connectivity index (χ3n) is 4.59. The van der Waals surface area contributed by atoms with Gasteiger partial charge in [0.2, 0.25) is 0 Å². The quantitative estimate of drug-likeness (QED) is 0.809. The average Bonchev–Trinajstić information content (AvgIpc) is 3.05. The molecule has 1 amide bonds. The van der Waals surface area contributed by atoms with Crippen molar-refractivity contribution in [3.05, 3.63) is 69.7 Å². The Balaban J connectivity index is 1.72. The predicted molar refractivity (Wildman–Crippen MR) is 101 cm³/mol. The van der Waals surface area contributed by atoms with E-state index < -0.39 is 18.0 Å². The van der Waals surface area contributed by atoms with Gasteiger partial charge in [0.05, 0.1) is 5.92 Å². The highest BCUT2D eigenvalue weighted by Crippen LogP contribution is 2.35. The molecule has 2 aromatic carbocycles. The average molecular weight is 418 g/mol. The molecule has 2 aromatic rings. The summed E-state index contributed by atoms with van der Waals surface area (Å²) < 4.78 is 6.26. The molecule has 0 saturated carbocycles. The van der Waals surface area contributed by atoms with Crippen molar-refractivity contribution in [2.24, 2.45) is 5.92 Å². The second kappa shape index (κ2) is 7.91. The van der Waals surface area contributed by atoms with Crippen LogP contribution in [0, 0.1) is 12.8 Å². The molecule has 1 heterocycles. The van der Waals surface area contributed by atoms with Crippen LogP contribution in [0.15, 0.2) is 53.0 Å². The lowest BCUT2D eigenvalue weighted by Gasteiger charge is -2.17. The molecule has 1 saturated heterocycles. The van der Waals surface area contributed by atoms with E-state index in [1.54, 1.807) is 0 Å². The maximum atomic E-state index is 12.4. The number of halogens is 1. The first-order valence-electron chi connectivity index (χ1n) is 8.39. The van der Waals surface area contributed by atoms with Gasteiger partial charge < -0.3 is 14.7 Å². The zero-order valence-corrected chi connectivity index (χ0v) is 16.0. The predicted octanol–water partition coefficient (Wildman–Crippen LogP) is 4.19. The standard InChI is InChI=1S/C20H20BrNO4/c1-13-7-15(9-16(21)8-13)17-10-22(11-18(17)19(23)24)20(25)26-12-14-5-3-2-4-6-14/h2-9,17-18H,10-12H2,1H3,(H,23,24). The Morgan fingerprint density at radius 3 is 2.58 bits per heavy atom. The molecule has 0 radical (unpaired) electrons. The number of likely N-dealkylation sites (tertiary alicyclic amines) is 1. The lowest BCUT2D eigenvalue weighted by atomic mass is 9.88. The van der Waals surface area contributed by atoms with Crippen LogP contribution in [-0.2, 0) is 16.1 Å². The van der Waals surface area contributed by atoms with Gasteiger partial charge in [0, 0.05) is 23.5 Å². The third kappa shape index (κ3) is 4.25. The van der Waals surface area contributed by atoms with Crippen LogP contribution < -0.4 is 0 Å². The van der Waals surface area contributed by atoms with Crippen molar-refractivity contribution in [3.8, 4) is 0 Å². The topological polar surface area (TPSA) is 66.8 Å². The minimum Gasteiger partial charge on any atom is -0.481 e. The van der Waals surface area contributed by atoms with Crippen LogP contribution in [0.4, 0.5) is 4.79 Å². The SMILES string of the molecule is Cc1cc(Br)cc(C2CN(C(=O)OCc3ccccc3)CC2C(=O)O)c1. The van der Waals surface area contributed by atoms with E-state index in [0.717, 1.165) is 21.2 Å². The number of hydrogen-bond acceptors (Lipinski definition) is 3. The monoisotopic (exact) mass is 417 g/mol. The summed E-state index contributed by atoms with van der Waals surface area (Å²) in [6, 6.07) is 15.3. The summed E-state index contributed by atoms with van der Waals surface area (Å²) in [5.41, 5.74) is 2.86. The van der Waals surface area contributed by atoms with Gasteiger partial charge in [-0.1, -0.05) is 52.3 Å². The molecule has 5 nitrogen and oxygen atoms in total. The molecule has 1 N–H and O–H groups in total. The number of aryl methyl sites for hydroxylation is 1. The van der Waals surface area contributed by atoms with Gasteiger partial charge in [-0.3, -0.25) is 4.79 Å². The number of carbonyl (C=O) groups is 2. The molecule has 2 unspecified atom stereocenters. The number of carboxylic acids is 1. The van der Waals surface area contributed by atoms with Gasteiger partial charge in [-0.15, -0.1) is 0 Å². The first-order chi connectivity index (χ1) is 12.4. The minimum absolute atomic E-state index is 0.152. The smallest absolute Gasteiger partial charge is 0.410 e. The van der Waals surface area contributed by atoms with Crippen LogP contribution in [0.2, 0.25) is 0 Å². The molecule has 0 bridgehead atoms. The molecule has 26 heavy (non-hydrogen) atoms. The Morgan fingerprint density at radius 1 is 1.19 bits per heavy atom. The van der Waals surface area contributed by atoms with Crippen LogP contribution in [0.1, 0.15) is 22.6 Å². The minimum atomic E-state index is -0.897. The van der Waals surface area contributed by atoms with Crippen molar-refractivity contribution < 1.29 is 19.4 Å². The Kier molecular flexibility index (Phi) is 5.61. The van der Waals surface area contributed by atoms with Crippen molar-refractivity contribution in [1.82, 2.24) is 4.90 Å². The molecule has 136 valence electrons. The van der Waals surface area contributed by atoms with Crippen molar-refractivity contribution in [2.45, 2.75) is 19.4 Å². The second-order valence-corrected chi connectivity index (χ2v) is 7.47. The Labute approximate surface area is 160 Å². The van der Waals surface area contributed by atoms with Gasteiger partial charge in [-0.25, -0.2) is 4.79 Å². The van der Waals surface area contributed by atoms with E-state index in [4.69, 9.17) is 4.74 Å². The Hall–Kier alpha value is -2.34. The number of aliphatic carboxylic acids is 1. The number of rotatable bonds is 4. The van der Waals surface area contributed by atoms with E-state index in [9.17, 15) is 14.7 Å². The van der Waals surface area contributed by atoms with Gasteiger partial charge in [-0.2, -0.15) is 0 Å². The van der Waals surface area contributed by atoms with Crippen LogP contribution in [0.3, 0.4) is 0 Å². The molecule has 2 atom stereocenters. The molecular weight excluding hydrogens is 398 g/mol. The number of ether oxygens (including phenoxy) is 1. The van der Waals surface area contributed by atoms with Gasteiger partial charge in [0.25, 0.3) is 0 Å². The van der Waals surface area contributed by atoms with Crippen molar-refractivity contribution in [3.63, 3.8) is 0 Å². The van der Waals surface area contributed by atoms with E-state index in [-0.39, 0.29) is 19.1 Å². The highest BCUT2D eigenvalue weighted by atomic mass is 79.9. The van der Waals surface area contributed by atoms with Crippen molar-refractivity contribution >= 4 is 28.0 Å². The second-order valence-electron chi connectivity index (χ2n) is 6.56. The lowest BCUT2D eigenvalue weighted by molar-refractivity contribution is -0.141. The van der Waals surface area contributed by atoms with Crippen LogP contribution >= 0.6 is 15.9 Å². The van der Waals surface area contributed by atoms with Gasteiger partial charge in [0.1, 0.15) is 6.61 Å². The zero-order chi connectivity index (χ0) is 18.7. The fourth-order valence-corrected chi connectivity index (χ4v) is 3.96. The first kappa shape index (κ1) is 18.5. The molecule has 0 aromatic heterocycles. The summed E-state index contributed by atoms with van der Waals surface area (Å²) in [6.07, 6.45) is -0.477. The summed E-state index contributed by atoms with van der Waals surface area (Å²) in [6.45, 7) is 2.62. The molecular formula is C20H20BrNO4. The van der Waals surface area contributed by atoms with E-state index >= 15 is 0 Å². The summed E-state index contributed by atoms with van der Waals surface area (Å²) in [4.78, 5) is 25.6. The third-order valence-corrected chi connectivity index (χ3v) is 5.05. The molecule has 3 rings (SSSR count). The largest absolute Gasteiger partial charge is 0.481 e. The lowest BCUT2D eigenvalue weighted by Crippen LogP contribution is -2.30. The first-order valence-corrected chi connectivity index (χ1v) is 9.19. The summed E-state index contributed by atoms with van der Waals surface area (Å²) in [5, 5.41) is 9.60. The van der Waals surface area contributed by atoms with Gasteiger partial charge in [0.15, 0.2) is 0 Å². The van der Waals surface area contributed by atoms with Crippen LogP contribution in [0.25, 0.3) is 0 Å². The number of carbonyl (C=O) groups excluding carboxylic acids is 1. The zero-order valence-electron chi connectivity index (χ0n) is 14.4. The van der Waals surface area contributed by atoms with Crippen LogP contribution in [0.5, 0.6) is 0 Å². The molecule has 0 aliphatic carbocycles. The van der Waals surface area contributed by atoms with E-state index in [0.29, 0.717) is 6.54 Å². The number of carboxylic acid groups (broad SMARTS) is 1. The number of benzene rings is 2. The molecule has 6 heteroatoms. The van der Waals surface area contributed by atoms with Gasteiger partial charge >= 0.3 is 12.1 Å². The summed E-state index contributed by atoms with van der Waals surface area (Å²) >= 11 is 3.46. The van der Waals surface area contributed by atoms with Crippen molar-refractivity contribution in [1.29, 1.82) is 0 Å². The van der Waals surface area contributed by atoms with E-state index in [2.05, 4.69) is 15.9 Å². The normalized spacial score (nSPS) is 19.4. The highest BCUT2D eigenvalue weighted by Gasteiger charge is 2.41. The molecule has 1 fully saturated rings. The summed E-state index contributed by atoms with van der Waals surface area (Å²) in [5.74, 6) is -1.80. The molecule has 1 aliphatic rings. The fraction of sp³-hybridized carbons (Fsp3) is 0.300. The Morgan fingerprint density at radius 2 is 1.92 bits per heavy atom. The highest BCUT2D eigenvalue weighted by molar-refractivity contribution is 9.10. The molecule has 0 spiro atoms. The Bertz CT molecular complexity index is 788. The number of amides is 1.